The van der Waals surface area contributed by atoms with E-state index < -0.39 is 5.97 Å². The molecule has 0 fully saturated rings. The first-order valence-electron chi connectivity index (χ1n) is 6.93. The van der Waals surface area contributed by atoms with Crippen molar-refractivity contribution >= 4 is 29.3 Å². The summed E-state index contributed by atoms with van der Waals surface area (Å²) in [5.74, 6) is 0.680. The maximum Gasteiger partial charge on any atom is 0.341 e. The van der Waals surface area contributed by atoms with Crippen LogP contribution < -0.4 is 9.47 Å². The summed E-state index contributed by atoms with van der Waals surface area (Å²) in [6.45, 7) is 1.04. The molecule has 0 aliphatic carbocycles. The molecule has 0 unspecified atom stereocenters. The van der Waals surface area contributed by atoms with Gasteiger partial charge in [0.1, 0.15) is 24.8 Å². The molecule has 0 spiro atoms. The average molecular weight is 352 g/mol. The van der Waals surface area contributed by atoms with Crippen LogP contribution in [0.3, 0.4) is 0 Å². The SMILES string of the molecule is CSc1ncccc1C(=O)OCc1cc(Cl)c2c(c1)OCCO2. The predicted molar refractivity (Wildman–Crippen MR) is 87.6 cm³/mol. The molecule has 0 radical (unpaired) electrons. The normalized spacial score (nSPS) is 12.8. The molecule has 1 aromatic carbocycles. The van der Waals surface area contributed by atoms with Crippen LogP contribution >= 0.6 is 23.4 Å². The molecule has 2 aromatic rings. The Balaban J connectivity index is 1.73. The van der Waals surface area contributed by atoms with Gasteiger partial charge in [-0.15, -0.1) is 11.8 Å². The van der Waals surface area contributed by atoms with Crippen LogP contribution in [0.5, 0.6) is 11.5 Å². The van der Waals surface area contributed by atoms with Crippen molar-refractivity contribution in [2.75, 3.05) is 19.5 Å². The molecule has 0 amide bonds. The predicted octanol–water partition coefficient (Wildman–Crippen LogP) is 3.59. The summed E-state index contributed by atoms with van der Waals surface area (Å²) < 4.78 is 16.3. The van der Waals surface area contributed by atoms with Crippen molar-refractivity contribution in [1.29, 1.82) is 0 Å². The van der Waals surface area contributed by atoms with Crippen LogP contribution in [0.1, 0.15) is 15.9 Å². The molecule has 1 aliphatic heterocycles. The quantitative estimate of drug-likeness (QED) is 0.620. The molecule has 5 nitrogen and oxygen atoms in total. The van der Waals surface area contributed by atoms with E-state index in [0.29, 0.717) is 40.3 Å². The maximum atomic E-state index is 12.2. The van der Waals surface area contributed by atoms with E-state index in [1.54, 1.807) is 30.5 Å². The molecular formula is C16H14ClNO4S. The van der Waals surface area contributed by atoms with Gasteiger partial charge in [-0.25, -0.2) is 9.78 Å². The van der Waals surface area contributed by atoms with Gasteiger partial charge < -0.3 is 14.2 Å². The molecule has 1 aromatic heterocycles. The number of aromatic nitrogens is 1. The maximum absolute atomic E-state index is 12.2. The van der Waals surface area contributed by atoms with Gasteiger partial charge >= 0.3 is 5.97 Å². The fraction of sp³-hybridized carbons (Fsp3) is 0.250. The second-order valence-corrected chi connectivity index (χ2v) is 5.94. The van der Waals surface area contributed by atoms with E-state index >= 15 is 0 Å². The number of rotatable bonds is 4. The Morgan fingerprint density at radius 1 is 1.39 bits per heavy atom. The van der Waals surface area contributed by atoms with E-state index in [0.717, 1.165) is 5.56 Å². The number of carbonyl (C=O) groups excluding carboxylic acids is 1. The lowest BCUT2D eigenvalue weighted by molar-refractivity contribution is 0.0467. The number of pyridine rings is 1. The van der Waals surface area contributed by atoms with Gasteiger partial charge in [-0.05, 0) is 36.1 Å². The molecule has 3 rings (SSSR count). The smallest absolute Gasteiger partial charge is 0.341 e. The highest BCUT2D eigenvalue weighted by Gasteiger charge is 2.18. The highest BCUT2D eigenvalue weighted by atomic mass is 35.5. The van der Waals surface area contributed by atoms with E-state index in [9.17, 15) is 4.79 Å². The standard InChI is InChI=1S/C16H14ClNO4S/c1-23-15-11(3-2-4-18-15)16(19)22-9-10-7-12(17)14-13(8-10)20-5-6-21-14/h2-4,7-8H,5-6,9H2,1H3. The number of carbonyl (C=O) groups is 1. The Kier molecular flexibility index (Phi) is 4.93. The average Bonchev–Trinajstić information content (AvgIpc) is 2.59. The fourth-order valence-electron chi connectivity index (χ4n) is 2.18. The van der Waals surface area contributed by atoms with Crippen molar-refractivity contribution in [2.45, 2.75) is 11.6 Å². The van der Waals surface area contributed by atoms with Crippen LogP contribution in [-0.2, 0) is 11.3 Å². The van der Waals surface area contributed by atoms with Gasteiger partial charge in [-0.3, -0.25) is 0 Å². The van der Waals surface area contributed by atoms with E-state index in [1.807, 2.05) is 6.26 Å². The molecule has 0 bridgehead atoms. The Morgan fingerprint density at radius 3 is 3.04 bits per heavy atom. The monoisotopic (exact) mass is 351 g/mol. The van der Waals surface area contributed by atoms with Crippen LogP contribution in [0.4, 0.5) is 0 Å². The van der Waals surface area contributed by atoms with Gasteiger partial charge in [0.2, 0.25) is 0 Å². The van der Waals surface area contributed by atoms with E-state index in [-0.39, 0.29) is 6.61 Å². The lowest BCUT2D eigenvalue weighted by atomic mass is 10.2. The Morgan fingerprint density at radius 2 is 2.22 bits per heavy atom. The van der Waals surface area contributed by atoms with Crippen LogP contribution in [0, 0.1) is 0 Å². The van der Waals surface area contributed by atoms with Gasteiger partial charge in [-0.1, -0.05) is 11.6 Å². The number of nitrogens with zero attached hydrogens (tertiary/aromatic N) is 1. The molecule has 0 atom stereocenters. The molecule has 23 heavy (non-hydrogen) atoms. The van der Waals surface area contributed by atoms with Crippen molar-refractivity contribution in [2.24, 2.45) is 0 Å². The second-order valence-electron chi connectivity index (χ2n) is 4.74. The molecule has 1 aliphatic rings. The molecule has 0 N–H and O–H groups in total. The summed E-state index contributed by atoms with van der Waals surface area (Å²) in [4.78, 5) is 16.4. The Hall–Kier alpha value is -1.92. The summed E-state index contributed by atoms with van der Waals surface area (Å²) in [5.41, 5.74) is 1.19. The summed E-state index contributed by atoms with van der Waals surface area (Å²) in [5, 5.41) is 1.08. The van der Waals surface area contributed by atoms with Crippen LogP contribution in [-0.4, -0.2) is 30.4 Å². The van der Waals surface area contributed by atoms with Gasteiger partial charge in [-0.2, -0.15) is 0 Å². The number of hydrogen-bond acceptors (Lipinski definition) is 6. The number of esters is 1. The van der Waals surface area contributed by atoms with Crippen molar-refractivity contribution < 1.29 is 19.0 Å². The van der Waals surface area contributed by atoms with E-state index in [4.69, 9.17) is 25.8 Å². The van der Waals surface area contributed by atoms with Crippen molar-refractivity contribution in [3.8, 4) is 11.5 Å². The Bertz CT molecular complexity index is 738. The summed E-state index contributed by atoms with van der Waals surface area (Å²) in [6, 6.07) is 6.88. The summed E-state index contributed by atoms with van der Waals surface area (Å²) >= 11 is 7.57. The second kappa shape index (κ2) is 7.10. The van der Waals surface area contributed by atoms with Crippen LogP contribution in [0.2, 0.25) is 5.02 Å². The Labute approximate surface area is 142 Å². The minimum absolute atomic E-state index is 0.0951. The minimum Gasteiger partial charge on any atom is -0.486 e. The molecule has 2 heterocycles. The van der Waals surface area contributed by atoms with E-state index in [1.165, 1.54) is 11.8 Å². The van der Waals surface area contributed by atoms with Crippen LogP contribution in [0.25, 0.3) is 0 Å². The number of thioether (sulfide) groups is 1. The molecule has 0 saturated carbocycles. The third-order valence-electron chi connectivity index (χ3n) is 3.21. The van der Waals surface area contributed by atoms with Gasteiger partial charge in [0.25, 0.3) is 0 Å². The number of benzene rings is 1. The third kappa shape index (κ3) is 3.54. The molecular weight excluding hydrogens is 338 g/mol. The minimum atomic E-state index is -0.423. The third-order valence-corrected chi connectivity index (χ3v) is 4.20. The van der Waals surface area contributed by atoms with Crippen molar-refractivity contribution in [3.63, 3.8) is 0 Å². The lowest BCUT2D eigenvalue weighted by Crippen LogP contribution is -2.16. The largest absolute Gasteiger partial charge is 0.486 e. The lowest BCUT2D eigenvalue weighted by Gasteiger charge is -2.20. The number of halogens is 1. The topological polar surface area (TPSA) is 57.7 Å². The summed E-state index contributed by atoms with van der Waals surface area (Å²) in [7, 11) is 0. The highest BCUT2D eigenvalue weighted by molar-refractivity contribution is 7.98. The van der Waals surface area contributed by atoms with Gasteiger partial charge in [0, 0.05) is 6.20 Å². The van der Waals surface area contributed by atoms with Crippen molar-refractivity contribution in [1.82, 2.24) is 4.98 Å². The van der Waals surface area contributed by atoms with Crippen molar-refractivity contribution in [3.05, 3.63) is 46.6 Å². The first-order chi connectivity index (χ1) is 11.2. The zero-order chi connectivity index (χ0) is 16.2. The van der Waals surface area contributed by atoms with E-state index in [2.05, 4.69) is 4.98 Å². The van der Waals surface area contributed by atoms with Crippen LogP contribution in [0.15, 0.2) is 35.5 Å². The fourth-order valence-corrected chi connectivity index (χ4v) is 3.01. The van der Waals surface area contributed by atoms with Gasteiger partial charge in [0.05, 0.1) is 10.6 Å². The number of fused-ring (bicyclic) bond motifs is 1. The number of ether oxygens (including phenoxy) is 3. The highest BCUT2D eigenvalue weighted by Crippen LogP contribution is 2.38. The molecule has 0 saturated heterocycles. The summed E-state index contributed by atoms with van der Waals surface area (Å²) in [6.07, 6.45) is 3.50. The zero-order valence-electron chi connectivity index (χ0n) is 12.4. The first-order valence-corrected chi connectivity index (χ1v) is 8.53. The van der Waals surface area contributed by atoms with Gasteiger partial charge in [0.15, 0.2) is 11.5 Å². The molecule has 120 valence electrons. The molecule has 7 heteroatoms. The number of hydrogen-bond donors (Lipinski definition) is 0. The zero-order valence-corrected chi connectivity index (χ0v) is 13.9. The first kappa shape index (κ1) is 16.0.